The zero-order chi connectivity index (χ0) is 14.3. The van der Waals surface area contributed by atoms with Gasteiger partial charge in [0.25, 0.3) is 0 Å². The summed E-state index contributed by atoms with van der Waals surface area (Å²) in [7, 11) is 0. The molecule has 0 saturated carbocycles. The van der Waals surface area contributed by atoms with Gasteiger partial charge in [-0.1, -0.05) is 59.7 Å². The van der Waals surface area contributed by atoms with E-state index in [1.165, 1.54) is 23.1 Å². The van der Waals surface area contributed by atoms with Gasteiger partial charge in [0.05, 0.1) is 0 Å². The van der Waals surface area contributed by atoms with Gasteiger partial charge in [-0.25, -0.2) is 0 Å². The van der Waals surface area contributed by atoms with E-state index in [4.69, 9.17) is 0 Å². The SMILES string of the molecule is CC(C)(C)c1cc(C2CCNC2)cc(C(C)(C)C)c1.Cl. The van der Waals surface area contributed by atoms with Crippen molar-refractivity contribution in [2.75, 3.05) is 13.1 Å². The van der Waals surface area contributed by atoms with E-state index in [1.807, 2.05) is 0 Å². The number of nitrogens with one attached hydrogen (secondary N) is 1. The summed E-state index contributed by atoms with van der Waals surface area (Å²) < 4.78 is 0. The summed E-state index contributed by atoms with van der Waals surface area (Å²) in [5.41, 5.74) is 4.93. The first-order valence-corrected chi connectivity index (χ1v) is 7.54. The van der Waals surface area contributed by atoms with Gasteiger partial charge >= 0.3 is 0 Å². The summed E-state index contributed by atoms with van der Waals surface area (Å²) >= 11 is 0. The molecule has 0 radical (unpaired) electrons. The molecule has 20 heavy (non-hydrogen) atoms. The molecule has 1 atom stereocenters. The molecule has 0 amide bonds. The predicted octanol–water partition coefficient (Wildman–Crippen LogP) is 4.78. The maximum Gasteiger partial charge on any atom is 0.00206 e. The summed E-state index contributed by atoms with van der Waals surface area (Å²) in [6.07, 6.45) is 1.27. The Balaban J connectivity index is 0.00000200. The Morgan fingerprint density at radius 3 is 1.75 bits per heavy atom. The molecule has 1 saturated heterocycles. The third kappa shape index (κ3) is 3.99. The fraction of sp³-hybridized carbons (Fsp3) is 0.667. The Morgan fingerprint density at radius 1 is 0.900 bits per heavy atom. The first kappa shape index (κ1) is 17.5. The van der Waals surface area contributed by atoms with Gasteiger partial charge in [-0.05, 0) is 46.4 Å². The standard InChI is InChI=1S/C18H29N.ClH/c1-17(2,3)15-9-14(13-7-8-19-12-13)10-16(11-15)18(4,5)6;/h9-11,13,19H,7-8,12H2,1-6H3;1H. The van der Waals surface area contributed by atoms with Crippen LogP contribution in [0.25, 0.3) is 0 Å². The molecule has 0 aromatic heterocycles. The van der Waals surface area contributed by atoms with Crippen LogP contribution >= 0.6 is 12.4 Å². The zero-order valence-electron chi connectivity index (χ0n) is 13.8. The molecular weight excluding hydrogens is 266 g/mol. The zero-order valence-corrected chi connectivity index (χ0v) is 14.7. The summed E-state index contributed by atoms with van der Waals surface area (Å²) in [5, 5.41) is 3.49. The Labute approximate surface area is 131 Å². The van der Waals surface area contributed by atoms with Crippen molar-refractivity contribution in [3.63, 3.8) is 0 Å². The van der Waals surface area contributed by atoms with Crippen LogP contribution in [0.1, 0.15) is 70.6 Å². The summed E-state index contributed by atoms with van der Waals surface area (Å²) in [5.74, 6) is 0.698. The fourth-order valence-corrected chi connectivity index (χ4v) is 2.69. The second-order valence-electron chi connectivity index (χ2n) is 8.03. The average molecular weight is 296 g/mol. The van der Waals surface area contributed by atoms with Gasteiger partial charge in [-0.3, -0.25) is 0 Å². The minimum Gasteiger partial charge on any atom is -0.316 e. The minimum absolute atomic E-state index is 0. The van der Waals surface area contributed by atoms with Gasteiger partial charge in [0.1, 0.15) is 0 Å². The van der Waals surface area contributed by atoms with Gasteiger partial charge in [-0.2, -0.15) is 0 Å². The molecule has 1 N–H and O–H groups in total. The van der Waals surface area contributed by atoms with E-state index >= 15 is 0 Å². The lowest BCUT2D eigenvalue weighted by molar-refractivity contribution is 0.564. The monoisotopic (exact) mass is 295 g/mol. The van der Waals surface area contributed by atoms with Crippen LogP contribution in [-0.4, -0.2) is 13.1 Å². The molecule has 1 aromatic rings. The molecule has 2 heteroatoms. The molecule has 1 heterocycles. The van der Waals surface area contributed by atoms with E-state index in [0.717, 1.165) is 13.1 Å². The first-order valence-electron chi connectivity index (χ1n) is 7.54. The lowest BCUT2D eigenvalue weighted by atomic mass is 9.78. The second kappa shape index (κ2) is 6.07. The quantitative estimate of drug-likeness (QED) is 0.786. The van der Waals surface area contributed by atoms with Crippen LogP contribution in [0.15, 0.2) is 18.2 Å². The van der Waals surface area contributed by atoms with Gasteiger partial charge in [-0.15, -0.1) is 12.4 Å². The highest BCUT2D eigenvalue weighted by Crippen LogP contribution is 2.33. The van der Waals surface area contributed by atoms with Gasteiger partial charge in [0.15, 0.2) is 0 Å². The lowest BCUT2D eigenvalue weighted by Gasteiger charge is -2.27. The highest BCUT2D eigenvalue weighted by Gasteiger charge is 2.24. The average Bonchev–Trinajstić information content (AvgIpc) is 2.79. The van der Waals surface area contributed by atoms with Crippen molar-refractivity contribution in [2.24, 2.45) is 0 Å². The molecule has 1 aliphatic rings. The molecule has 2 rings (SSSR count). The third-order valence-electron chi connectivity index (χ3n) is 4.22. The largest absolute Gasteiger partial charge is 0.316 e. The van der Waals surface area contributed by atoms with Crippen molar-refractivity contribution in [1.82, 2.24) is 5.32 Å². The van der Waals surface area contributed by atoms with E-state index in [2.05, 4.69) is 65.1 Å². The number of rotatable bonds is 1. The van der Waals surface area contributed by atoms with Crippen LogP contribution in [0.2, 0.25) is 0 Å². The highest BCUT2D eigenvalue weighted by molar-refractivity contribution is 5.85. The summed E-state index contributed by atoms with van der Waals surface area (Å²) in [6.45, 7) is 16.2. The Kier molecular flexibility index (Phi) is 5.32. The van der Waals surface area contributed by atoms with Crippen molar-refractivity contribution in [3.05, 3.63) is 34.9 Å². The van der Waals surface area contributed by atoms with Crippen LogP contribution < -0.4 is 5.32 Å². The van der Waals surface area contributed by atoms with Crippen molar-refractivity contribution >= 4 is 12.4 Å². The number of hydrogen-bond acceptors (Lipinski definition) is 1. The van der Waals surface area contributed by atoms with Crippen molar-refractivity contribution in [3.8, 4) is 0 Å². The Morgan fingerprint density at radius 2 is 1.40 bits per heavy atom. The molecule has 114 valence electrons. The number of benzene rings is 1. The molecule has 0 spiro atoms. The van der Waals surface area contributed by atoms with E-state index in [1.54, 1.807) is 0 Å². The number of halogens is 1. The normalized spacial score (nSPS) is 19.8. The van der Waals surface area contributed by atoms with Crippen LogP contribution in [-0.2, 0) is 10.8 Å². The molecule has 1 nitrogen and oxygen atoms in total. The van der Waals surface area contributed by atoms with Crippen LogP contribution in [0.4, 0.5) is 0 Å². The van der Waals surface area contributed by atoms with E-state index in [-0.39, 0.29) is 23.2 Å². The molecule has 1 aromatic carbocycles. The topological polar surface area (TPSA) is 12.0 Å². The first-order chi connectivity index (χ1) is 8.68. The van der Waals surface area contributed by atoms with Crippen LogP contribution in [0, 0.1) is 0 Å². The van der Waals surface area contributed by atoms with Crippen molar-refractivity contribution in [1.29, 1.82) is 0 Å². The smallest absolute Gasteiger partial charge is 0.00206 e. The van der Waals surface area contributed by atoms with Crippen LogP contribution in [0.5, 0.6) is 0 Å². The maximum atomic E-state index is 3.49. The highest BCUT2D eigenvalue weighted by atomic mass is 35.5. The van der Waals surface area contributed by atoms with E-state index in [9.17, 15) is 0 Å². The van der Waals surface area contributed by atoms with Crippen LogP contribution in [0.3, 0.4) is 0 Å². The summed E-state index contributed by atoms with van der Waals surface area (Å²) in [6, 6.07) is 7.28. The molecule has 1 aliphatic heterocycles. The number of hydrogen-bond donors (Lipinski definition) is 1. The molecule has 0 aliphatic carbocycles. The molecule has 0 bridgehead atoms. The summed E-state index contributed by atoms with van der Waals surface area (Å²) in [4.78, 5) is 0. The lowest BCUT2D eigenvalue weighted by Crippen LogP contribution is -2.18. The second-order valence-corrected chi connectivity index (χ2v) is 8.03. The van der Waals surface area contributed by atoms with Crippen molar-refractivity contribution in [2.45, 2.75) is 64.7 Å². The van der Waals surface area contributed by atoms with Crippen molar-refractivity contribution < 1.29 is 0 Å². The molecule has 1 fully saturated rings. The van der Waals surface area contributed by atoms with Gasteiger partial charge in [0.2, 0.25) is 0 Å². The Hall–Kier alpha value is -0.530. The Bertz CT molecular complexity index is 413. The molecule has 1 unspecified atom stereocenters. The maximum absolute atomic E-state index is 3.49. The van der Waals surface area contributed by atoms with E-state index < -0.39 is 0 Å². The van der Waals surface area contributed by atoms with E-state index in [0.29, 0.717) is 5.92 Å². The fourth-order valence-electron chi connectivity index (χ4n) is 2.69. The van der Waals surface area contributed by atoms with Gasteiger partial charge < -0.3 is 5.32 Å². The third-order valence-corrected chi connectivity index (χ3v) is 4.22. The molecular formula is C18H30ClN. The predicted molar refractivity (Wildman–Crippen MR) is 91.3 cm³/mol. The minimum atomic E-state index is 0. The van der Waals surface area contributed by atoms with Gasteiger partial charge in [0, 0.05) is 6.54 Å².